The number of ether oxygens (including phenoxy) is 1. The first-order valence-corrected chi connectivity index (χ1v) is 6.88. The highest BCUT2D eigenvalue weighted by Gasteiger charge is 2.34. The zero-order valence-electron chi connectivity index (χ0n) is 11.3. The Kier molecular flexibility index (Phi) is 4.21. The Bertz CT molecular complexity index is 273. The number of ketones is 1. The minimum absolute atomic E-state index is 0.247. The van der Waals surface area contributed by atoms with Crippen LogP contribution >= 0.6 is 0 Å². The van der Waals surface area contributed by atoms with Gasteiger partial charge in [-0.25, -0.2) is 0 Å². The van der Waals surface area contributed by atoms with Gasteiger partial charge in [-0.2, -0.15) is 0 Å². The molecule has 3 heteroatoms. The van der Waals surface area contributed by atoms with Crippen molar-refractivity contribution in [2.24, 2.45) is 17.8 Å². The summed E-state index contributed by atoms with van der Waals surface area (Å²) in [4.78, 5) is 14.4. The molecule has 2 fully saturated rings. The second kappa shape index (κ2) is 5.49. The lowest BCUT2D eigenvalue weighted by Crippen LogP contribution is -2.42. The molecule has 4 atom stereocenters. The van der Waals surface area contributed by atoms with Crippen LogP contribution in [0.25, 0.3) is 0 Å². The molecule has 1 aliphatic carbocycles. The molecule has 0 radical (unpaired) electrons. The molecule has 1 saturated carbocycles. The van der Waals surface area contributed by atoms with E-state index in [1.165, 1.54) is 6.42 Å². The number of likely N-dealkylation sites (N-methyl/N-ethyl adjacent to an activating group) is 1. The highest BCUT2D eigenvalue weighted by molar-refractivity contribution is 5.82. The molecule has 0 amide bonds. The van der Waals surface area contributed by atoms with Gasteiger partial charge in [0.25, 0.3) is 0 Å². The lowest BCUT2D eigenvalue weighted by Gasteiger charge is -2.35. The molecule has 0 aromatic rings. The van der Waals surface area contributed by atoms with Crippen LogP contribution in [-0.2, 0) is 9.53 Å². The van der Waals surface area contributed by atoms with Gasteiger partial charge in [0, 0.05) is 31.5 Å². The van der Waals surface area contributed by atoms with E-state index >= 15 is 0 Å². The maximum Gasteiger partial charge on any atom is 0.137 e. The second-order valence-corrected chi connectivity index (χ2v) is 6.05. The normalized spacial score (nSPS) is 38.9. The van der Waals surface area contributed by atoms with Crippen molar-refractivity contribution in [2.75, 3.05) is 26.8 Å². The van der Waals surface area contributed by atoms with Crippen LogP contribution in [0.2, 0.25) is 0 Å². The molecule has 1 saturated heterocycles. The molecule has 0 N–H and O–H groups in total. The quantitative estimate of drug-likeness (QED) is 0.754. The maximum atomic E-state index is 12.1. The Labute approximate surface area is 105 Å². The van der Waals surface area contributed by atoms with Gasteiger partial charge in [-0.05, 0) is 31.7 Å². The van der Waals surface area contributed by atoms with E-state index in [1.54, 1.807) is 0 Å². The largest absolute Gasteiger partial charge is 0.380 e. The fourth-order valence-electron chi connectivity index (χ4n) is 3.31. The summed E-state index contributed by atoms with van der Waals surface area (Å²) in [5.41, 5.74) is 0. The fourth-order valence-corrected chi connectivity index (χ4v) is 3.31. The van der Waals surface area contributed by atoms with Crippen molar-refractivity contribution in [2.45, 2.75) is 39.2 Å². The van der Waals surface area contributed by atoms with Crippen LogP contribution in [0.15, 0.2) is 0 Å². The highest BCUT2D eigenvalue weighted by Crippen LogP contribution is 2.31. The molecule has 2 aliphatic rings. The number of rotatable bonds is 3. The Hall–Kier alpha value is -0.410. The number of carbonyl (C=O) groups excluding carboxylic acids is 1. The monoisotopic (exact) mass is 239 g/mol. The minimum Gasteiger partial charge on any atom is -0.380 e. The van der Waals surface area contributed by atoms with Crippen molar-refractivity contribution < 1.29 is 9.53 Å². The smallest absolute Gasteiger partial charge is 0.137 e. The molecule has 17 heavy (non-hydrogen) atoms. The lowest BCUT2D eigenvalue weighted by molar-refractivity contribution is -0.128. The molecule has 0 bridgehead atoms. The average Bonchev–Trinajstić information content (AvgIpc) is 2.76. The van der Waals surface area contributed by atoms with Gasteiger partial charge in [-0.1, -0.05) is 13.8 Å². The van der Waals surface area contributed by atoms with Crippen molar-refractivity contribution in [1.29, 1.82) is 0 Å². The van der Waals surface area contributed by atoms with Crippen LogP contribution in [0.4, 0.5) is 0 Å². The van der Waals surface area contributed by atoms with Crippen molar-refractivity contribution in [3.8, 4) is 0 Å². The molecular weight excluding hydrogens is 214 g/mol. The van der Waals surface area contributed by atoms with Crippen LogP contribution in [0.5, 0.6) is 0 Å². The minimum atomic E-state index is 0.247. The third-order valence-corrected chi connectivity index (χ3v) is 4.44. The Balaban J connectivity index is 1.90. The first-order valence-electron chi connectivity index (χ1n) is 6.88. The average molecular weight is 239 g/mol. The summed E-state index contributed by atoms with van der Waals surface area (Å²) in [6.45, 7) is 7.06. The van der Waals surface area contributed by atoms with Gasteiger partial charge >= 0.3 is 0 Å². The van der Waals surface area contributed by atoms with Gasteiger partial charge < -0.3 is 9.64 Å². The van der Waals surface area contributed by atoms with E-state index in [0.29, 0.717) is 23.7 Å². The second-order valence-electron chi connectivity index (χ2n) is 6.05. The topological polar surface area (TPSA) is 29.5 Å². The zero-order chi connectivity index (χ0) is 12.4. The van der Waals surface area contributed by atoms with Gasteiger partial charge in [-0.15, -0.1) is 0 Å². The first-order chi connectivity index (χ1) is 8.08. The van der Waals surface area contributed by atoms with Crippen molar-refractivity contribution in [1.82, 2.24) is 4.90 Å². The molecule has 0 spiro atoms. The van der Waals surface area contributed by atoms with Gasteiger partial charge in [-0.3, -0.25) is 4.79 Å². The molecule has 4 unspecified atom stereocenters. The van der Waals surface area contributed by atoms with Gasteiger partial charge in [0.05, 0.1) is 6.61 Å². The van der Waals surface area contributed by atoms with Crippen LogP contribution < -0.4 is 0 Å². The van der Waals surface area contributed by atoms with E-state index in [2.05, 4.69) is 25.8 Å². The highest BCUT2D eigenvalue weighted by atomic mass is 16.5. The van der Waals surface area contributed by atoms with Crippen LogP contribution in [0.1, 0.15) is 33.1 Å². The van der Waals surface area contributed by atoms with E-state index in [4.69, 9.17) is 4.74 Å². The van der Waals surface area contributed by atoms with E-state index in [9.17, 15) is 4.79 Å². The lowest BCUT2D eigenvalue weighted by atomic mass is 9.74. The van der Waals surface area contributed by atoms with Gasteiger partial charge in [0.15, 0.2) is 0 Å². The summed E-state index contributed by atoms with van der Waals surface area (Å²) < 4.78 is 5.41. The number of hydrogen-bond acceptors (Lipinski definition) is 3. The molecule has 0 aromatic carbocycles. The van der Waals surface area contributed by atoms with Gasteiger partial charge in [0.2, 0.25) is 0 Å². The van der Waals surface area contributed by atoms with Crippen LogP contribution in [0.3, 0.4) is 0 Å². The Morgan fingerprint density at radius 3 is 2.76 bits per heavy atom. The SMILES string of the molecule is CC1CC(=O)C(CN(C)C2CCOC2)C(C)C1. The summed E-state index contributed by atoms with van der Waals surface area (Å²) >= 11 is 0. The third kappa shape index (κ3) is 3.08. The third-order valence-electron chi connectivity index (χ3n) is 4.44. The molecule has 2 rings (SSSR count). The molecular formula is C14H25NO2. The number of hydrogen-bond donors (Lipinski definition) is 0. The predicted molar refractivity (Wildman–Crippen MR) is 67.9 cm³/mol. The molecule has 1 heterocycles. The standard InChI is InChI=1S/C14H25NO2/c1-10-6-11(2)13(14(16)7-10)8-15(3)12-4-5-17-9-12/h10-13H,4-9H2,1-3H3. The molecule has 3 nitrogen and oxygen atoms in total. The summed E-state index contributed by atoms with van der Waals surface area (Å²) in [7, 11) is 2.14. The van der Waals surface area contributed by atoms with Crippen molar-refractivity contribution >= 4 is 5.78 Å². The van der Waals surface area contributed by atoms with E-state index in [-0.39, 0.29) is 5.92 Å². The summed E-state index contributed by atoms with van der Waals surface area (Å²) in [5.74, 6) is 1.84. The van der Waals surface area contributed by atoms with Crippen LogP contribution in [0, 0.1) is 17.8 Å². The number of nitrogens with zero attached hydrogens (tertiary/aromatic N) is 1. The van der Waals surface area contributed by atoms with Crippen molar-refractivity contribution in [3.63, 3.8) is 0 Å². The van der Waals surface area contributed by atoms with Gasteiger partial charge in [0.1, 0.15) is 5.78 Å². The zero-order valence-corrected chi connectivity index (χ0v) is 11.3. The van der Waals surface area contributed by atoms with E-state index in [1.807, 2.05) is 0 Å². The molecule has 98 valence electrons. The number of carbonyl (C=O) groups is 1. The summed E-state index contributed by atoms with van der Waals surface area (Å²) in [6, 6.07) is 0.523. The van der Waals surface area contributed by atoms with Crippen LogP contribution in [-0.4, -0.2) is 43.5 Å². The molecule has 1 aliphatic heterocycles. The van der Waals surface area contributed by atoms with Crippen molar-refractivity contribution in [3.05, 3.63) is 0 Å². The van der Waals surface area contributed by atoms with E-state index in [0.717, 1.165) is 32.6 Å². The van der Waals surface area contributed by atoms with E-state index < -0.39 is 0 Å². The Morgan fingerprint density at radius 2 is 2.18 bits per heavy atom. The first kappa shape index (κ1) is 13.0. The Morgan fingerprint density at radius 1 is 1.41 bits per heavy atom. The summed E-state index contributed by atoms with van der Waals surface area (Å²) in [6.07, 6.45) is 3.09. The fraction of sp³-hybridized carbons (Fsp3) is 0.929. The maximum absolute atomic E-state index is 12.1. The number of Topliss-reactive ketones (excluding diaryl/α,β-unsaturated/α-hetero) is 1. The molecule has 0 aromatic heterocycles. The predicted octanol–water partition coefficient (Wildman–Crippen LogP) is 1.96. The summed E-state index contributed by atoms with van der Waals surface area (Å²) in [5, 5.41) is 0.